The van der Waals surface area contributed by atoms with Gasteiger partial charge in [0.05, 0.1) is 5.60 Å². The molecule has 0 radical (unpaired) electrons. The van der Waals surface area contributed by atoms with E-state index < -0.39 is 5.60 Å². The summed E-state index contributed by atoms with van der Waals surface area (Å²) < 4.78 is 13.4. The number of carbonyl (C=O) groups is 1. The summed E-state index contributed by atoms with van der Waals surface area (Å²) in [5.41, 5.74) is 0.256. The van der Waals surface area contributed by atoms with Crippen molar-refractivity contribution in [1.82, 2.24) is 15.2 Å². The van der Waals surface area contributed by atoms with E-state index in [1.807, 2.05) is 0 Å². The molecule has 0 atom stereocenters. The van der Waals surface area contributed by atoms with Gasteiger partial charge < -0.3 is 15.3 Å². The SMILES string of the molecule is O=C(NCCN1CCC(O)(c2cccc(F)c2)CC1)c1ccncc1. The lowest BCUT2D eigenvalue weighted by Gasteiger charge is -2.38. The molecular formula is C19H22FN3O2. The average Bonchev–Trinajstić information content (AvgIpc) is 2.64. The first kappa shape index (κ1) is 17.5. The molecule has 2 aromatic rings. The molecule has 6 heteroatoms. The molecule has 2 N–H and O–H groups in total. The number of carbonyl (C=O) groups excluding carboxylic acids is 1. The third-order valence-corrected chi connectivity index (χ3v) is 4.70. The maximum Gasteiger partial charge on any atom is 0.251 e. The van der Waals surface area contributed by atoms with Crippen LogP contribution in [0.5, 0.6) is 0 Å². The maximum atomic E-state index is 13.4. The highest BCUT2D eigenvalue weighted by Gasteiger charge is 2.33. The first-order valence-corrected chi connectivity index (χ1v) is 8.46. The number of nitrogens with one attached hydrogen (secondary N) is 1. The molecule has 25 heavy (non-hydrogen) atoms. The largest absolute Gasteiger partial charge is 0.385 e. The molecule has 0 aliphatic carbocycles. The fourth-order valence-electron chi connectivity index (χ4n) is 3.15. The van der Waals surface area contributed by atoms with Crippen molar-refractivity contribution in [3.63, 3.8) is 0 Å². The Balaban J connectivity index is 1.46. The number of halogens is 1. The van der Waals surface area contributed by atoms with E-state index in [1.54, 1.807) is 36.7 Å². The first-order valence-electron chi connectivity index (χ1n) is 8.46. The second kappa shape index (κ2) is 7.72. The van der Waals surface area contributed by atoms with Crippen LogP contribution in [0.2, 0.25) is 0 Å². The van der Waals surface area contributed by atoms with Crippen LogP contribution >= 0.6 is 0 Å². The highest BCUT2D eigenvalue weighted by molar-refractivity contribution is 5.93. The molecule has 3 rings (SSSR count). The van der Waals surface area contributed by atoms with Gasteiger partial charge in [0.25, 0.3) is 5.91 Å². The number of likely N-dealkylation sites (tertiary alicyclic amines) is 1. The van der Waals surface area contributed by atoms with E-state index in [2.05, 4.69) is 15.2 Å². The Bertz CT molecular complexity index is 716. The topological polar surface area (TPSA) is 65.5 Å². The molecule has 0 unspecified atom stereocenters. The molecule has 1 aliphatic heterocycles. The smallest absolute Gasteiger partial charge is 0.251 e. The van der Waals surface area contributed by atoms with Gasteiger partial charge in [0, 0.05) is 44.1 Å². The van der Waals surface area contributed by atoms with Crippen LogP contribution in [0.3, 0.4) is 0 Å². The predicted octanol–water partition coefficient (Wildman–Crippen LogP) is 1.93. The normalized spacial score (nSPS) is 17.2. The number of aromatic nitrogens is 1. The molecule has 5 nitrogen and oxygen atoms in total. The van der Waals surface area contributed by atoms with Crippen LogP contribution in [-0.2, 0) is 5.60 Å². The quantitative estimate of drug-likeness (QED) is 0.871. The van der Waals surface area contributed by atoms with Crippen molar-refractivity contribution in [2.24, 2.45) is 0 Å². The van der Waals surface area contributed by atoms with Gasteiger partial charge in [-0.05, 0) is 42.7 Å². The molecular weight excluding hydrogens is 321 g/mol. The van der Waals surface area contributed by atoms with Crippen molar-refractivity contribution >= 4 is 5.91 Å². The van der Waals surface area contributed by atoms with Crippen LogP contribution in [-0.4, -0.2) is 47.1 Å². The number of piperidine rings is 1. The summed E-state index contributed by atoms with van der Waals surface area (Å²) >= 11 is 0. The number of amides is 1. The lowest BCUT2D eigenvalue weighted by Crippen LogP contribution is -2.45. The van der Waals surface area contributed by atoms with E-state index >= 15 is 0 Å². The first-order chi connectivity index (χ1) is 12.1. The van der Waals surface area contributed by atoms with E-state index in [9.17, 15) is 14.3 Å². The van der Waals surface area contributed by atoms with Gasteiger partial charge in [-0.2, -0.15) is 0 Å². The van der Waals surface area contributed by atoms with E-state index in [1.165, 1.54) is 12.1 Å². The molecule has 2 heterocycles. The Kier molecular flexibility index (Phi) is 5.40. The third kappa shape index (κ3) is 4.41. The van der Waals surface area contributed by atoms with Crippen molar-refractivity contribution in [3.8, 4) is 0 Å². The number of hydrogen-bond acceptors (Lipinski definition) is 4. The van der Waals surface area contributed by atoms with Gasteiger partial charge in [0.1, 0.15) is 5.82 Å². The lowest BCUT2D eigenvalue weighted by molar-refractivity contribution is -0.0257. The molecule has 1 fully saturated rings. The number of hydrogen-bond donors (Lipinski definition) is 2. The van der Waals surface area contributed by atoms with E-state index in [-0.39, 0.29) is 11.7 Å². The van der Waals surface area contributed by atoms with E-state index in [4.69, 9.17) is 0 Å². The van der Waals surface area contributed by atoms with Crippen LogP contribution in [0.1, 0.15) is 28.8 Å². The second-order valence-electron chi connectivity index (χ2n) is 6.38. The number of nitrogens with zero attached hydrogens (tertiary/aromatic N) is 2. The average molecular weight is 343 g/mol. The fourth-order valence-corrected chi connectivity index (χ4v) is 3.15. The van der Waals surface area contributed by atoms with Crippen molar-refractivity contribution in [2.75, 3.05) is 26.2 Å². The minimum atomic E-state index is -0.973. The number of rotatable bonds is 5. The zero-order chi connectivity index (χ0) is 17.7. The predicted molar refractivity (Wildman–Crippen MR) is 92.5 cm³/mol. The monoisotopic (exact) mass is 343 g/mol. The van der Waals surface area contributed by atoms with E-state index in [0.717, 1.165) is 6.54 Å². The fraction of sp³-hybridized carbons (Fsp3) is 0.368. The summed E-state index contributed by atoms with van der Waals surface area (Å²) in [6.45, 7) is 2.67. The van der Waals surface area contributed by atoms with Gasteiger partial charge in [0.15, 0.2) is 0 Å². The van der Waals surface area contributed by atoms with Crippen LogP contribution < -0.4 is 5.32 Å². The summed E-state index contributed by atoms with van der Waals surface area (Å²) in [4.78, 5) is 18.1. The molecule has 132 valence electrons. The Morgan fingerprint density at radius 2 is 1.96 bits per heavy atom. The summed E-state index contributed by atoms with van der Waals surface area (Å²) in [5.74, 6) is -0.442. The van der Waals surface area contributed by atoms with Crippen molar-refractivity contribution in [3.05, 3.63) is 65.7 Å². The number of aliphatic hydroxyl groups is 1. The van der Waals surface area contributed by atoms with Crippen LogP contribution in [0, 0.1) is 5.82 Å². The highest BCUT2D eigenvalue weighted by Crippen LogP contribution is 2.32. The van der Waals surface area contributed by atoms with Crippen LogP contribution in [0.25, 0.3) is 0 Å². The maximum absolute atomic E-state index is 13.4. The van der Waals surface area contributed by atoms with Crippen molar-refractivity contribution < 1.29 is 14.3 Å². The highest BCUT2D eigenvalue weighted by atomic mass is 19.1. The minimum Gasteiger partial charge on any atom is -0.385 e. The summed E-state index contributed by atoms with van der Waals surface area (Å²) in [6, 6.07) is 9.54. The summed E-state index contributed by atoms with van der Waals surface area (Å²) in [6.07, 6.45) is 4.28. The Morgan fingerprint density at radius 1 is 1.24 bits per heavy atom. The molecule has 1 aliphatic rings. The molecule has 0 saturated carbocycles. The summed E-state index contributed by atoms with van der Waals surface area (Å²) in [7, 11) is 0. The Morgan fingerprint density at radius 3 is 2.64 bits per heavy atom. The van der Waals surface area contributed by atoms with Crippen LogP contribution in [0.4, 0.5) is 4.39 Å². The number of benzene rings is 1. The molecule has 1 aromatic heterocycles. The molecule has 0 spiro atoms. The van der Waals surface area contributed by atoms with Gasteiger partial charge in [-0.15, -0.1) is 0 Å². The van der Waals surface area contributed by atoms with Gasteiger partial charge in [-0.1, -0.05) is 12.1 Å². The second-order valence-corrected chi connectivity index (χ2v) is 6.38. The van der Waals surface area contributed by atoms with Gasteiger partial charge in [-0.3, -0.25) is 9.78 Å². The third-order valence-electron chi connectivity index (χ3n) is 4.70. The zero-order valence-corrected chi connectivity index (χ0v) is 14.0. The van der Waals surface area contributed by atoms with Gasteiger partial charge in [0.2, 0.25) is 0 Å². The molecule has 0 bridgehead atoms. The zero-order valence-electron chi connectivity index (χ0n) is 14.0. The molecule has 1 saturated heterocycles. The van der Waals surface area contributed by atoms with Crippen molar-refractivity contribution in [2.45, 2.75) is 18.4 Å². The lowest BCUT2D eigenvalue weighted by atomic mass is 9.84. The molecule has 1 aromatic carbocycles. The standard InChI is InChI=1S/C19H22FN3O2/c20-17-3-1-2-16(14-17)19(25)6-11-23(12-7-19)13-10-22-18(24)15-4-8-21-9-5-15/h1-5,8-9,14,25H,6-7,10-13H2,(H,22,24). The van der Waals surface area contributed by atoms with Crippen molar-refractivity contribution in [1.29, 1.82) is 0 Å². The minimum absolute atomic E-state index is 0.115. The summed E-state index contributed by atoms with van der Waals surface area (Å²) in [5, 5.41) is 13.7. The van der Waals surface area contributed by atoms with Crippen LogP contribution in [0.15, 0.2) is 48.8 Å². The Hall–Kier alpha value is -2.31. The molecule has 1 amide bonds. The number of pyridine rings is 1. The van der Waals surface area contributed by atoms with E-state index in [0.29, 0.717) is 43.6 Å². The van der Waals surface area contributed by atoms with Gasteiger partial charge >= 0.3 is 0 Å². The van der Waals surface area contributed by atoms with Gasteiger partial charge in [-0.25, -0.2) is 4.39 Å². The Labute approximate surface area is 146 Å².